The average Bonchev–Trinajstić information content (AvgIpc) is 2.58. The van der Waals surface area contributed by atoms with Gasteiger partial charge in [0.1, 0.15) is 0 Å². The minimum atomic E-state index is 0.121. The standard InChI is InChI=1S/C18H18IN3OS/c19-14-4-6-15(7-5-14)20-18(24)21-9-12-8-13(11-21)16-2-1-3-17(23)22(16)10-12/h1-7,12-13H,8-11H2,(H,20,24)/t12-,13-/m0/s1. The number of halogens is 1. The average molecular weight is 451 g/mol. The van der Waals surface area contributed by atoms with Gasteiger partial charge in [-0.15, -0.1) is 0 Å². The van der Waals surface area contributed by atoms with Gasteiger partial charge in [0.2, 0.25) is 0 Å². The van der Waals surface area contributed by atoms with Gasteiger partial charge in [-0.1, -0.05) is 6.07 Å². The Balaban J connectivity index is 1.52. The summed E-state index contributed by atoms with van der Waals surface area (Å²) >= 11 is 7.93. The number of thiocarbonyl (C=S) groups is 1. The fourth-order valence-electron chi connectivity index (χ4n) is 3.80. The Morgan fingerprint density at radius 3 is 2.71 bits per heavy atom. The van der Waals surface area contributed by atoms with Crippen molar-refractivity contribution in [2.24, 2.45) is 5.92 Å². The van der Waals surface area contributed by atoms with Crippen LogP contribution in [0.2, 0.25) is 0 Å². The molecule has 0 spiro atoms. The number of hydrogen-bond acceptors (Lipinski definition) is 2. The lowest BCUT2D eigenvalue weighted by molar-refractivity contribution is 0.180. The third-order valence-corrected chi connectivity index (χ3v) is 5.94. The van der Waals surface area contributed by atoms with E-state index in [1.807, 2.05) is 22.8 Å². The van der Waals surface area contributed by atoms with Gasteiger partial charge in [-0.05, 0) is 77.5 Å². The Bertz CT molecular complexity index is 833. The van der Waals surface area contributed by atoms with Crippen molar-refractivity contribution in [3.63, 3.8) is 0 Å². The van der Waals surface area contributed by atoms with Crippen molar-refractivity contribution in [3.8, 4) is 0 Å². The number of nitrogens with zero attached hydrogens (tertiary/aromatic N) is 2. The molecule has 6 heteroatoms. The highest BCUT2D eigenvalue weighted by molar-refractivity contribution is 14.1. The van der Waals surface area contributed by atoms with E-state index in [-0.39, 0.29) is 5.56 Å². The molecule has 1 aromatic carbocycles. The van der Waals surface area contributed by atoms with Gasteiger partial charge in [0.15, 0.2) is 5.11 Å². The number of rotatable bonds is 1. The molecule has 1 fully saturated rings. The monoisotopic (exact) mass is 451 g/mol. The SMILES string of the molecule is O=c1cccc2n1C[C@H]1C[C@H]2CN(C(=S)Nc2ccc(I)cc2)C1. The van der Waals surface area contributed by atoms with E-state index in [4.69, 9.17) is 12.2 Å². The van der Waals surface area contributed by atoms with E-state index in [0.29, 0.717) is 11.8 Å². The minimum Gasteiger partial charge on any atom is -0.348 e. The first-order valence-corrected chi connectivity index (χ1v) is 9.60. The van der Waals surface area contributed by atoms with Gasteiger partial charge in [0.05, 0.1) is 0 Å². The molecule has 0 unspecified atom stereocenters. The first kappa shape index (κ1) is 16.1. The number of pyridine rings is 1. The molecule has 0 aliphatic carbocycles. The highest BCUT2D eigenvalue weighted by Crippen LogP contribution is 2.35. The quantitative estimate of drug-likeness (QED) is 0.534. The third kappa shape index (κ3) is 3.09. The van der Waals surface area contributed by atoms with Crippen molar-refractivity contribution >= 4 is 45.6 Å². The second-order valence-corrected chi connectivity index (χ2v) is 8.17. The zero-order valence-corrected chi connectivity index (χ0v) is 16.1. The molecule has 4 rings (SSSR count). The third-order valence-electron chi connectivity index (χ3n) is 4.86. The molecule has 2 aromatic rings. The first-order chi connectivity index (χ1) is 11.6. The van der Waals surface area contributed by atoms with E-state index in [1.54, 1.807) is 6.07 Å². The van der Waals surface area contributed by atoms with Crippen LogP contribution in [-0.2, 0) is 6.54 Å². The number of benzene rings is 1. The van der Waals surface area contributed by atoms with Gasteiger partial charge in [-0.2, -0.15) is 0 Å². The van der Waals surface area contributed by atoms with E-state index < -0.39 is 0 Å². The summed E-state index contributed by atoms with van der Waals surface area (Å²) in [6.45, 7) is 2.58. The molecule has 2 atom stereocenters. The molecule has 2 bridgehead atoms. The lowest BCUT2D eigenvalue weighted by Crippen LogP contribution is -2.50. The molecule has 124 valence electrons. The second kappa shape index (κ2) is 6.48. The van der Waals surface area contributed by atoms with Gasteiger partial charge < -0.3 is 14.8 Å². The zero-order chi connectivity index (χ0) is 16.7. The van der Waals surface area contributed by atoms with Crippen LogP contribution >= 0.6 is 34.8 Å². The van der Waals surface area contributed by atoms with Crippen molar-refractivity contribution in [3.05, 3.63) is 62.1 Å². The summed E-state index contributed by atoms with van der Waals surface area (Å²) in [6.07, 6.45) is 1.14. The molecule has 0 saturated carbocycles. The molecule has 1 N–H and O–H groups in total. The maximum atomic E-state index is 12.1. The normalized spacial score (nSPS) is 22.0. The van der Waals surface area contributed by atoms with Crippen molar-refractivity contribution in [2.45, 2.75) is 18.9 Å². The maximum absolute atomic E-state index is 12.1. The molecule has 4 nitrogen and oxygen atoms in total. The van der Waals surface area contributed by atoms with Crippen LogP contribution in [0.15, 0.2) is 47.3 Å². The van der Waals surface area contributed by atoms with Crippen molar-refractivity contribution in [1.82, 2.24) is 9.47 Å². The summed E-state index contributed by atoms with van der Waals surface area (Å²) in [4.78, 5) is 14.3. The van der Waals surface area contributed by atoms with Crippen LogP contribution in [0.25, 0.3) is 0 Å². The topological polar surface area (TPSA) is 37.3 Å². The summed E-state index contributed by atoms with van der Waals surface area (Å²) in [6, 6.07) is 13.8. The Morgan fingerprint density at radius 2 is 1.92 bits per heavy atom. The van der Waals surface area contributed by atoms with Gasteiger partial charge >= 0.3 is 0 Å². The van der Waals surface area contributed by atoms with Crippen LogP contribution < -0.4 is 10.9 Å². The van der Waals surface area contributed by atoms with Gasteiger partial charge in [-0.25, -0.2) is 0 Å². The summed E-state index contributed by atoms with van der Waals surface area (Å²) in [5.74, 6) is 0.857. The van der Waals surface area contributed by atoms with Gasteiger partial charge in [-0.3, -0.25) is 4.79 Å². The number of likely N-dealkylation sites (tertiary alicyclic amines) is 1. The molecule has 24 heavy (non-hydrogen) atoms. The highest BCUT2D eigenvalue weighted by atomic mass is 127. The Morgan fingerprint density at radius 1 is 1.12 bits per heavy atom. The van der Waals surface area contributed by atoms with E-state index in [9.17, 15) is 4.79 Å². The second-order valence-electron chi connectivity index (χ2n) is 6.54. The van der Waals surface area contributed by atoms with Crippen molar-refractivity contribution in [1.29, 1.82) is 0 Å². The van der Waals surface area contributed by atoms with Crippen LogP contribution in [-0.4, -0.2) is 27.7 Å². The first-order valence-electron chi connectivity index (χ1n) is 8.11. The van der Waals surface area contributed by atoms with Crippen LogP contribution in [0, 0.1) is 9.49 Å². The number of hydrogen-bond donors (Lipinski definition) is 1. The lowest BCUT2D eigenvalue weighted by Gasteiger charge is -2.43. The fourth-order valence-corrected chi connectivity index (χ4v) is 4.42. The Kier molecular flexibility index (Phi) is 4.34. The molecule has 0 amide bonds. The molecule has 1 saturated heterocycles. The number of piperidine rings is 1. The molecule has 1 aromatic heterocycles. The van der Waals surface area contributed by atoms with Crippen molar-refractivity contribution < 1.29 is 0 Å². The molecule has 3 heterocycles. The molecule has 2 aliphatic heterocycles. The number of anilines is 1. The van der Waals surface area contributed by atoms with Crippen LogP contribution in [0.3, 0.4) is 0 Å². The van der Waals surface area contributed by atoms with Crippen LogP contribution in [0.4, 0.5) is 5.69 Å². The lowest BCUT2D eigenvalue weighted by atomic mass is 9.83. The Hall–Kier alpha value is -1.41. The summed E-state index contributed by atoms with van der Waals surface area (Å²) in [5.41, 5.74) is 2.29. The molecule has 2 aliphatic rings. The van der Waals surface area contributed by atoms with Gasteiger partial charge in [0.25, 0.3) is 5.56 Å². The molecular formula is C18H18IN3OS. The van der Waals surface area contributed by atoms with E-state index in [0.717, 1.165) is 42.5 Å². The largest absolute Gasteiger partial charge is 0.348 e. The number of nitrogens with one attached hydrogen (secondary N) is 1. The Labute approximate surface area is 160 Å². The van der Waals surface area contributed by atoms with E-state index in [2.05, 4.69) is 51.0 Å². The maximum Gasteiger partial charge on any atom is 0.250 e. The fraction of sp³-hybridized carbons (Fsp3) is 0.333. The summed E-state index contributed by atoms with van der Waals surface area (Å²) in [7, 11) is 0. The number of fused-ring (bicyclic) bond motifs is 4. The van der Waals surface area contributed by atoms with Crippen LogP contribution in [0.1, 0.15) is 18.0 Å². The van der Waals surface area contributed by atoms with E-state index in [1.165, 1.54) is 3.57 Å². The summed E-state index contributed by atoms with van der Waals surface area (Å²) < 4.78 is 3.16. The van der Waals surface area contributed by atoms with E-state index >= 15 is 0 Å². The molecule has 0 radical (unpaired) electrons. The summed E-state index contributed by atoms with van der Waals surface area (Å²) in [5, 5.41) is 4.12. The smallest absolute Gasteiger partial charge is 0.250 e. The van der Waals surface area contributed by atoms with Gasteiger partial charge in [0, 0.05) is 46.6 Å². The highest BCUT2D eigenvalue weighted by Gasteiger charge is 2.35. The zero-order valence-electron chi connectivity index (χ0n) is 13.1. The molecular weight excluding hydrogens is 433 g/mol. The predicted octanol–water partition coefficient (Wildman–Crippen LogP) is 3.27. The van der Waals surface area contributed by atoms with Crippen LogP contribution in [0.5, 0.6) is 0 Å². The number of aromatic nitrogens is 1. The minimum absolute atomic E-state index is 0.121. The van der Waals surface area contributed by atoms with Crippen molar-refractivity contribution in [2.75, 3.05) is 18.4 Å². The predicted molar refractivity (Wildman–Crippen MR) is 109 cm³/mol.